The predicted molar refractivity (Wildman–Crippen MR) is 38.3 cm³/mol. The molecule has 0 aromatic heterocycles. The Hall–Kier alpha value is -0.640. The smallest absolute Gasteiger partial charge is 0.226 e. The quantitative estimate of drug-likeness (QED) is 0.554. The van der Waals surface area contributed by atoms with E-state index >= 15 is 0 Å². The molecule has 0 bridgehead atoms. The first-order valence-electron chi connectivity index (χ1n) is 3.37. The van der Waals surface area contributed by atoms with Gasteiger partial charge >= 0.3 is 0 Å². The van der Waals surface area contributed by atoms with Gasteiger partial charge in [-0.25, -0.2) is 0 Å². The molecule has 1 aliphatic heterocycles. The molecule has 1 aliphatic rings. The number of halogens is 1. The standard InChI is InChI=1S/C6H12FN3/c1-3(2)5-4(8)6(7)10-9-5/h3-5,9H,8H2,1-2H3. The van der Waals surface area contributed by atoms with Crippen molar-refractivity contribution in [3.63, 3.8) is 0 Å². The highest BCUT2D eigenvalue weighted by Gasteiger charge is 2.30. The fourth-order valence-electron chi connectivity index (χ4n) is 1.00. The molecule has 0 aromatic carbocycles. The highest BCUT2D eigenvalue weighted by Crippen LogP contribution is 2.11. The van der Waals surface area contributed by atoms with E-state index in [2.05, 4.69) is 10.5 Å². The molecule has 0 spiro atoms. The molecule has 2 unspecified atom stereocenters. The molecule has 0 amide bonds. The molecule has 0 saturated carbocycles. The second kappa shape index (κ2) is 2.54. The molecule has 1 heterocycles. The molecule has 0 fully saturated rings. The normalized spacial score (nSPS) is 32.3. The van der Waals surface area contributed by atoms with Crippen LogP contribution in [0.3, 0.4) is 0 Å². The van der Waals surface area contributed by atoms with Crippen molar-refractivity contribution in [1.82, 2.24) is 5.43 Å². The van der Waals surface area contributed by atoms with Crippen LogP contribution in [0.15, 0.2) is 5.10 Å². The van der Waals surface area contributed by atoms with Gasteiger partial charge in [-0.15, -0.1) is 0 Å². The minimum atomic E-state index is -0.556. The van der Waals surface area contributed by atoms with Crippen molar-refractivity contribution in [3.05, 3.63) is 0 Å². The summed E-state index contributed by atoms with van der Waals surface area (Å²) in [5.41, 5.74) is 8.10. The lowest BCUT2D eigenvalue weighted by Crippen LogP contribution is -2.43. The number of hydrazone groups is 1. The van der Waals surface area contributed by atoms with Gasteiger partial charge in [0.1, 0.15) is 0 Å². The van der Waals surface area contributed by atoms with Gasteiger partial charge in [-0.1, -0.05) is 13.8 Å². The predicted octanol–water partition coefficient (Wildman–Crippen LogP) is 0.225. The van der Waals surface area contributed by atoms with Gasteiger partial charge in [-0.05, 0) is 5.92 Å². The van der Waals surface area contributed by atoms with Crippen molar-refractivity contribution < 1.29 is 4.39 Å². The Morgan fingerprint density at radius 2 is 2.30 bits per heavy atom. The molecular formula is C6H12FN3. The van der Waals surface area contributed by atoms with Crippen LogP contribution in [0.25, 0.3) is 0 Å². The summed E-state index contributed by atoms with van der Waals surface area (Å²) in [6.07, 6.45) is 0. The molecule has 3 nitrogen and oxygen atoms in total. The molecule has 0 aliphatic carbocycles. The Balaban J connectivity index is 2.56. The maximum Gasteiger partial charge on any atom is 0.226 e. The van der Waals surface area contributed by atoms with E-state index in [4.69, 9.17) is 5.73 Å². The van der Waals surface area contributed by atoms with Crippen LogP contribution in [0, 0.1) is 5.92 Å². The average molecular weight is 145 g/mol. The SMILES string of the molecule is CC(C)C1NN=C(F)C1N. The maximum absolute atomic E-state index is 12.5. The number of rotatable bonds is 1. The van der Waals surface area contributed by atoms with E-state index in [-0.39, 0.29) is 6.04 Å². The zero-order valence-electron chi connectivity index (χ0n) is 6.13. The molecule has 1 rings (SSSR count). The van der Waals surface area contributed by atoms with Gasteiger partial charge in [0, 0.05) is 0 Å². The Kier molecular flexibility index (Phi) is 1.89. The Labute approximate surface area is 59.5 Å². The van der Waals surface area contributed by atoms with Gasteiger partial charge < -0.3 is 11.2 Å². The molecule has 3 N–H and O–H groups in total. The highest BCUT2D eigenvalue weighted by molar-refractivity contribution is 5.82. The third-order valence-corrected chi connectivity index (χ3v) is 1.70. The zero-order chi connectivity index (χ0) is 7.72. The lowest BCUT2D eigenvalue weighted by atomic mass is 9.99. The second-order valence-electron chi connectivity index (χ2n) is 2.86. The van der Waals surface area contributed by atoms with Crippen LogP contribution in [0.4, 0.5) is 4.39 Å². The van der Waals surface area contributed by atoms with Crippen LogP contribution >= 0.6 is 0 Å². The van der Waals surface area contributed by atoms with Gasteiger partial charge in [0.15, 0.2) is 0 Å². The van der Waals surface area contributed by atoms with Crippen molar-refractivity contribution in [3.8, 4) is 0 Å². The van der Waals surface area contributed by atoms with E-state index in [1.807, 2.05) is 13.8 Å². The molecule has 10 heavy (non-hydrogen) atoms. The van der Waals surface area contributed by atoms with Crippen LogP contribution < -0.4 is 11.2 Å². The number of hydrogen-bond acceptors (Lipinski definition) is 3. The van der Waals surface area contributed by atoms with Gasteiger partial charge in [-0.2, -0.15) is 9.49 Å². The monoisotopic (exact) mass is 145 g/mol. The Morgan fingerprint density at radius 3 is 2.50 bits per heavy atom. The molecule has 0 saturated heterocycles. The first-order valence-corrected chi connectivity index (χ1v) is 3.37. The second-order valence-corrected chi connectivity index (χ2v) is 2.86. The van der Waals surface area contributed by atoms with Crippen molar-refractivity contribution in [2.24, 2.45) is 16.8 Å². The van der Waals surface area contributed by atoms with E-state index in [1.165, 1.54) is 0 Å². The molecule has 58 valence electrons. The molecule has 4 heteroatoms. The Bertz CT molecular complexity index is 155. The molecule has 0 aromatic rings. The third kappa shape index (κ3) is 1.11. The number of nitrogens with two attached hydrogens (primary N) is 1. The van der Waals surface area contributed by atoms with Crippen LogP contribution in [0.2, 0.25) is 0 Å². The van der Waals surface area contributed by atoms with Crippen molar-refractivity contribution in [2.45, 2.75) is 25.9 Å². The first-order chi connectivity index (χ1) is 4.63. The summed E-state index contributed by atoms with van der Waals surface area (Å²) in [4.78, 5) is 0. The van der Waals surface area contributed by atoms with Gasteiger partial charge in [-0.3, -0.25) is 0 Å². The summed E-state index contributed by atoms with van der Waals surface area (Å²) in [5, 5.41) is 3.39. The summed E-state index contributed by atoms with van der Waals surface area (Å²) in [5.74, 6) is -0.175. The third-order valence-electron chi connectivity index (χ3n) is 1.70. The van der Waals surface area contributed by atoms with E-state index in [0.29, 0.717) is 5.92 Å². The van der Waals surface area contributed by atoms with Crippen LogP contribution in [0.5, 0.6) is 0 Å². The summed E-state index contributed by atoms with van der Waals surface area (Å²) >= 11 is 0. The average Bonchev–Trinajstić information content (AvgIpc) is 2.14. The minimum Gasteiger partial charge on any atom is -0.319 e. The lowest BCUT2D eigenvalue weighted by Gasteiger charge is -2.17. The highest BCUT2D eigenvalue weighted by atomic mass is 19.1. The summed E-state index contributed by atoms with van der Waals surface area (Å²) in [7, 11) is 0. The largest absolute Gasteiger partial charge is 0.319 e. The van der Waals surface area contributed by atoms with Gasteiger partial charge in [0.25, 0.3) is 0 Å². The lowest BCUT2D eigenvalue weighted by molar-refractivity contribution is 0.410. The van der Waals surface area contributed by atoms with Crippen molar-refractivity contribution >= 4 is 5.97 Å². The van der Waals surface area contributed by atoms with E-state index in [9.17, 15) is 4.39 Å². The van der Waals surface area contributed by atoms with Gasteiger partial charge in [0.05, 0.1) is 12.1 Å². The minimum absolute atomic E-state index is 0.0417. The topological polar surface area (TPSA) is 50.4 Å². The number of hydrogen-bond donors (Lipinski definition) is 2. The fraction of sp³-hybridized carbons (Fsp3) is 0.833. The first kappa shape index (κ1) is 7.47. The molecule has 0 radical (unpaired) electrons. The number of nitrogens with zero attached hydrogens (tertiary/aromatic N) is 1. The van der Waals surface area contributed by atoms with E-state index in [1.54, 1.807) is 0 Å². The van der Waals surface area contributed by atoms with E-state index in [0.717, 1.165) is 0 Å². The van der Waals surface area contributed by atoms with Crippen LogP contribution in [0.1, 0.15) is 13.8 Å². The van der Waals surface area contributed by atoms with E-state index < -0.39 is 12.0 Å². The van der Waals surface area contributed by atoms with Crippen molar-refractivity contribution in [1.29, 1.82) is 0 Å². The summed E-state index contributed by atoms with van der Waals surface area (Å²) in [6, 6.07) is -0.597. The molecular weight excluding hydrogens is 133 g/mol. The van der Waals surface area contributed by atoms with Crippen LogP contribution in [-0.2, 0) is 0 Å². The van der Waals surface area contributed by atoms with Crippen LogP contribution in [-0.4, -0.2) is 18.0 Å². The molecule has 2 atom stereocenters. The maximum atomic E-state index is 12.5. The van der Waals surface area contributed by atoms with Gasteiger partial charge in [0.2, 0.25) is 5.97 Å². The van der Waals surface area contributed by atoms with Crippen molar-refractivity contribution in [2.75, 3.05) is 0 Å². The Morgan fingerprint density at radius 1 is 1.70 bits per heavy atom. The summed E-state index contributed by atoms with van der Waals surface area (Å²) < 4.78 is 12.5. The fourth-order valence-corrected chi connectivity index (χ4v) is 1.00. The number of nitrogens with one attached hydrogen (secondary N) is 1. The zero-order valence-corrected chi connectivity index (χ0v) is 6.13. The summed E-state index contributed by atoms with van der Waals surface area (Å²) in [6.45, 7) is 3.96.